The van der Waals surface area contributed by atoms with Gasteiger partial charge in [-0.2, -0.15) is 0 Å². The van der Waals surface area contributed by atoms with Crippen LogP contribution in [-0.2, 0) is 14.4 Å². The third-order valence-corrected chi connectivity index (χ3v) is 8.77. The molecule has 6 heteroatoms. The van der Waals surface area contributed by atoms with E-state index in [1.54, 1.807) is 0 Å². The van der Waals surface area contributed by atoms with Crippen molar-refractivity contribution in [2.75, 3.05) is 16.0 Å². The van der Waals surface area contributed by atoms with E-state index in [4.69, 9.17) is 0 Å². The minimum Gasteiger partial charge on any atom is -0.326 e. The van der Waals surface area contributed by atoms with Crippen LogP contribution in [0, 0.1) is 29.6 Å². The molecule has 3 N–H and O–H groups in total. The van der Waals surface area contributed by atoms with Crippen molar-refractivity contribution in [3.05, 3.63) is 18.2 Å². The van der Waals surface area contributed by atoms with Crippen molar-refractivity contribution in [2.45, 2.75) is 104 Å². The molecule has 1 aromatic carbocycles. The van der Waals surface area contributed by atoms with Gasteiger partial charge in [0.1, 0.15) is 0 Å². The van der Waals surface area contributed by atoms with Gasteiger partial charge in [0.15, 0.2) is 0 Å². The Bertz CT molecular complexity index is 858. The minimum atomic E-state index is 0.0146. The van der Waals surface area contributed by atoms with Crippen LogP contribution >= 0.6 is 0 Å². The molecule has 4 rings (SSSR count). The van der Waals surface area contributed by atoms with Crippen molar-refractivity contribution in [1.29, 1.82) is 0 Å². The molecule has 0 aliphatic heterocycles. The fourth-order valence-electron chi connectivity index (χ4n) is 6.35. The average molecular weight is 496 g/mol. The van der Waals surface area contributed by atoms with Crippen LogP contribution in [0.5, 0.6) is 0 Å². The Labute approximate surface area is 216 Å². The average Bonchev–Trinajstić information content (AvgIpc) is 2.89. The first-order chi connectivity index (χ1) is 17.4. The predicted molar refractivity (Wildman–Crippen MR) is 146 cm³/mol. The maximum atomic E-state index is 13.1. The molecule has 36 heavy (non-hydrogen) atoms. The highest BCUT2D eigenvalue weighted by molar-refractivity contribution is 5.99. The SMILES string of the molecule is CC(C)[C@H]1CC[C@@H](C(=O)Nc2cc(NC(=O)C3CCCCC3)cc(NC(=O)C3CCCCC3)c2)CC1. The molecule has 3 fully saturated rings. The fourth-order valence-corrected chi connectivity index (χ4v) is 6.35. The summed E-state index contributed by atoms with van der Waals surface area (Å²) < 4.78 is 0. The highest BCUT2D eigenvalue weighted by atomic mass is 16.2. The Morgan fingerprint density at radius 2 is 0.889 bits per heavy atom. The van der Waals surface area contributed by atoms with E-state index >= 15 is 0 Å². The van der Waals surface area contributed by atoms with Crippen molar-refractivity contribution in [3.8, 4) is 0 Å². The summed E-state index contributed by atoms with van der Waals surface area (Å²) in [5.74, 6) is 1.56. The van der Waals surface area contributed by atoms with Crippen molar-refractivity contribution < 1.29 is 14.4 Å². The molecule has 3 aliphatic carbocycles. The standard InChI is InChI=1S/C30H45N3O3/c1-20(2)21-13-15-24(16-14-21)30(36)33-27-18-25(31-28(34)22-9-5-3-6-10-22)17-26(19-27)32-29(35)23-11-7-4-8-12-23/h17-24H,3-16H2,1-2H3,(H,31,34)(H,32,35)(H,33,36)/t21-,24+. The first-order valence-electron chi connectivity index (χ1n) is 14.5. The van der Waals surface area contributed by atoms with Gasteiger partial charge in [0, 0.05) is 34.8 Å². The van der Waals surface area contributed by atoms with Gasteiger partial charge >= 0.3 is 0 Å². The normalized spacial score (nSPS) is 23.8. The van der Waals surface area contributed by atoms with Crippen LogP contribution in [0.4, 0.5) is 17.1 Å². The monoisotopic (exact) mass is 495 g/mol. The van der Waals surface area contributed by atoms with Gasteiger partial charge in [-0.25, -0.2) is 0 Å². The van der Waals surface area contributed by atoms with Gasteiger partial charge in [-0.05, 0) is 81.4 Å². The van der Waals surface area contributed by atoms with E-state index in [2.05, 4.69) is 29.8 Å². The molecule has 0 radical (unpaired) electrons. The summed E-state index contributed by atoms with van der Waals surface area (Å²) in [5.41, 5.74) is 1.89. The van der Waals surface area contributed by atoms with Gasteiger partial charge in [-0.15, -0.1) is 0 Å². The molecule has 0 unspecified atom stereocenters. The van der Waals surface area contributed by atoms with Crippen molar-refractivity contribution in [1.82, 2.24) is 0 Å². The third-order valence-electron chi connectivity index (χ3n) is 8.77. The molecule has 0 saturated heterocycles. The topological polar surface area (TPSA) is 87.3 Å². The molecule has 0 atom stereocenters. The van der Waals surface area contributed by atoms with Crippen LogP contribution in [-0.4, -0.2) is 17.7 Å². The summed E-state index contributed by atoms with van der Waals surface area (Å²) in [6.07, 6.45) is 14.5. The Morgan fingerprint density at radius 1 is 0.556 bits per heavy atom. The summed E-state index contributed by atoms with van der Waals surface area (Å²) in [7, 11) is 0. The quantitative estimate of drug-likeness (QED) is 0.376. The van der Waals surface area contributed by atoms with E-state index in [1.807, 2.05) is 18.2 Å². The lowest BCUT2D eigenvalue weighted by molar-refractivity contribution is -0.121. The van der Waals surface area contributed by atoms with Crippen molar-refractivity contribution >= 4 is 34.8 Å². The molecule has 3 aliphatic rings. The summed E-state index contributed by atoms with van der Waals surface area (Å²) in [5, 5.41) is 9.25. The van der Waals surface area contributed by atoms with E-state index in [9.17, 15) is 14.4 Å². The number of amides is 3. The number of hydrogen-bond acceptors (Lipinski definition) is 3. The van der Waals surface area contributed by atoms with Gasteiger partial charge in [-0.3, -0.25) is 14.4 Å². The smallest absolute Gasteiger partial charge is 0.227 e. The molecule has 0 bridgehead atoms. The van der Waals surface area contributed by atoms with Gasteiger partial charge in [0.25, 0.3) is 0 Å². The largest absolute Gasteiger partial charge is 0.326 e. The summed E-state index contributed by atoms with van der Waals surface area (Å²) >= 11 is 0. The third kappa shape index (κ3) is 7.33. The first-order valence-corrected chi connectivity index (χ1v) is 14.5. The number of nitrogens with one attached hydrogen (secondary N) is 3. The second kappa shape index (κ2) is 12.7. The summed E-state index contributed by atoms with van der Waals surface area (Å²) in [6, 6.07) is 5.48. The predicted octanol–water partition coefficient (Wildman–Crippen LogP) is 7.13. The minimum absolute atomic E-state index is 0.0146. The molecule has 0 spiro atoms. The zero-order valence-corrected chi connectivity index (χ0v) is 22.2. The lowest BCUT2D eigenvalue weighted by atomic mass is 9.76. The van der Waals surface area contributed by atoms with E-state index in [0.717, 1.165) is 77.0 Å². The van der Waals surface area contributed by atoms with Gasteiger partial charge in [0.2, 0.25) is 17.7 Å². The van der Waals surface area contributed by atoms with Gasteiger partial charge in [-0.1, -0.05) is 52.4 Å². The highest BCUT2D eigenvalue weighted by Gasteiger charge is 2.28. The molecule has 1 aromatic rings. The summed E-state index contributed by atoms with van der Waals surface area (Å²) in [4.78, 5) is 39.0. The maximum absolute atomic E-state index is 13.1. The molecule has 198 valence electrons. The van der Waals surface area contributed by atoms with Crippen LogP contribution in [0.1, 0.15) is 104 Å². The zero-order valence-electron chi connectivity index (χ0n) is 22.2. The molecular formula is C30H45N3O3. The Balaban J connectivity index is 1.46. The lowest BCUT2D eigenvalue weighted by Gasteiger charge is -2.30. The van der Waals surface area contributed by atoms with Gasteiger partial charge < -0.3 is 16.0 Å². The highest BCUT2D eigenvalue weighted by Crippen LogP contribution is 2.35. The summed E-state index contributed by atoms with van der Waals surface area (Å²) in [6.45, 7) is 4.53. The lowest BCUT2D eigenvalue weighted by Crippen LogP contribution is -2.29. The number of rotatable bonds is 7. The molecule has 3 amide bonds. The molecular weight excluding hydrogens is 450 g/mol. The number of anilines is 3. The Morgan fingerprint density at radius 3 is 1.22 bits per heavy atom. The second-order valence-corrected chi connectivity index (χ2v) is 11.8. The maximum Gasteiger partial charge on any atom is 0.227 e. The van der Waals surface area contributed by atoms with Crippen molar-refractivity contribution in [3.63, 3.8) is 0 Å². The number of carbonyl (C=O) groups excluding carboxylic acids is 3. The van der Waals surface area contributed by atoms with Crippen molar-refractivity contribution in [2.24, 2.45) is 29.6 Å². The van der Waals surface area contributed by atoms with E-state index in [0.29, 0.717) is 28.9 Å². The van der Waals surface area contributed by atoms with Crippen LogP contribution in [0.3, 0.4) is 0 Å². The van der Waals surface area contributed by atoms with Crippen LogP contribution in [0.25, 0.3) is 0 Å². The number of carbonyl (C=O) groups is 3. The van der Waals surface area contributed by atoms with Crippen LogP contribution in [0.15, 0.2) is 18.2 Å². The molecule has 0 heterocycles. The number of hydrogen-bond donors (Lipinski definition) is 3. The molecule has 0 aromatic heterocycles. The molecule has 6 nitrogen and oxygen atoms in total. The van der Waals surface area contributed by atoms with Crippen LogP contribution in [0.2, 0.25) is 0 Å². The van der Waals surface area contributed by atoms with E-state index < -0.39 is 0 Å². The first kappa shape index (κ1) is 26.7. The van der Waals surface area contributed by atoms with Gasteiger partial charge in [0.05, 0.1) is 0 Å². The Kier molecular flexibility index (Phi) is 9.44. The Hall–Kier alpha value is -2.37. The number of benzene rings is 1. The zero-order chi connectivity index (χ0) is 25.5. The second-order valence-electron chi connectivity index (χ2n) is 11.8. The van der Waals surface area contributed by atoms with E-state index in [-0.39, 0.29) is 35.5 Å². The van der Waals surface area contributed by atoms with E-state index in [1.165, 1.54) is 12.8 Å². The molecule has 3 saturated carbocycles. The fraction of sp³-hybridized carbons (Fsp3) is 0.700. The van der Waals surface area contributed by atoms with Crippen LogP contribution < -0.4 is 16.0 Å².